The fourth-order valence-electron chi connectivity index (χ4n) is 2.55. The first-order valence-electron chi connectivity index (χ1n) is 5.95. The summed E-state index contributed by atoms with van der Waals surface area (Å²) >= 11 is 0. The predicted octanol–water partition coefficient (Wildman–Crippen LogP) is 1.49. The normalized spacial score (nSPS) is 34.3. The molecule has 2 fully saturated rings. The Morgan fingerprint density at radius 1 is 1.20 bits per heavy atom. The van der Waals surface area contributed by atoms with E-state index in [1.807, 2.05) is 0 Å². The van der Waals surface area contributed by atoms with Gasteiger partial charge in [-0.1, -0.05) is 30.3 Å². The zero-order chi connectivity index (χ0) is 10.1. The molecule has 0 amide bonds. The molecule has 0 radical (unpaired) electrons. The first kappa shape index (κ1) is 9.37. The highest BCUT2D eigenvalue weighted by Gasteiger charge is 2.39. The van der Waals surface area contributed by atoms with Gasteiger partial charge < -0.3 is 10.6 Å². The summed E-state index contributed by atoms with van der Waals surface area (Å²) in [6.07, 6.45) is 2.61. The molecule has 1 aliphatic heterocycles. The molecule has 1 aromatic carbocycles. The maximum absolute atomic E-state index is 3.74. The Hall–Kier alpha value is -0.860. The van der Waals surface area contributed by atoms with E-state index >= 15 is 0 Å². The lowest BCUT2D eigenvalue weighted by atomic mass is 10.1. The molecule has 2 aliphatic rings. The topological polar surface area (TPSA) is 24.1 Å². The first-order chi connectivity index (χ1) is 7.43. The molecule has 80 valence electrons. The van der Waals surface area contributed by atoms with Crippen molar-refractivity contribution in [2.24, 2.45) is 0 Å². The van der Waals surface area contributed by atoms with Crippen LogP contribution in [0.1, 0.15) is 24.3 Å². The molecule has 1 saturated heterocycles. The van der Waals surface area contributed by atoms with Gasteiger partial charge in [-0.25, -0.2) is 0 Å². The monoisotopic (exact) mass is 202 g/mol. The van der Waals surface area contributed by atoms with Crippen LogP contribution in [0.25, 0.3) is 0 Å². The largest absolute Gasteiger partial charge is 0.315 e. The summed E-state index contributed by atoms with van der Waals surface area (Å²) in [4.78, 5) is 0. The molecule has 0 aromatic heterocycles. The highest BCUT2D eigenvalue weighted by atomic mass is 15.1. The number of hydrogen-bond acceptors (Lipinski definition) is 2. The van der Waals surface area contributed by atoms with E-state index in [-0.39, 0.29) is 0 Å². The Morgan fingerprint density at radius 3 is 2.80 bits per heavy atom. The van der Waals surface area contributed by atoms with Gasteiger partial charge in [-0.05, 0) is 24.9 Å². The second-order valence-corrected chi connectivity index (χ2v) is 4.72. The van der Waals surface area contributed by atoms with Crippen LogP contribution in [0.15, 0.2) is 30.3 Å². The number of nitrogens with one attached hydrogen (secondary N) is 2. The van der Waals surface area contributed by atoms with Gasteiger partial charge in [0.25, 0.3) is 0 Å². The Bertz CT molecular complexity index is 317. The fraction of sp³-hybridized carbons (Fsp3) is 0.538. The minimum absolute atomic E-state index is 0.712. The maximum Gasteiger partial charge on any atom is 0.0207 e. The molecule has 3 atom stereocenters. The molecule has 0 spiro atoms. The highest BCUT2D eigenvalue weighted by Crippen LogP contribution is 2.40. The molecule has 1 aliphatic carbocycles. The quantitative estimate of drug-likeness (QED) is 0.776. The van der Waals surface area contributed by atoms with Crippen LogP contribution in [0.2, 0.25) is 0 Å². The molecule has 1 aromatic rings. The van der Waals surface area contributed by atoms with E-state index in [0.717, 1.165) is 18.5 Å². The van der Waals surface area contributed by atoms with E-state index in [9.17, 15) is 0 Å². The maximum atomic E-state index is 3.74. The molecule has 2 nitrogen and oxygen atoms in total. The molecule has 1 saturated carbocycles. The Balaban J connectivity index is 1.55. The minimum atomic E-state index is 0.712. The van der Waals surface area contributed by atoms with Crippen molar-refractivity contribution in [3.63, 3.8) is 0 Å². The van der Waals surface area contributed by atoms with Gasteiger partial charge in [0.1, 0.15) is 0 Å². The molecule has 3 rings (SSSR count). The Morgan fingerprint density at radius 2 is 2.07 bits per heavy atom. The third-order valence-corrected chi connectivity index (χ3v) is 3.53. The van der Waals surface area contributed by atoms with Gasteiger partial charge in [-0.15, -0.1) is 0 Å². The summed E-state index contributed by atoms with van der Waals surface area (Å²) in [7, 11) is 0. The van der Waals surface area contributed by atoms with E-state index in [0.29, 0.717) is 6.04 Å². The van der Waals surface area contributed by atoms with E-state index in [4.69, 9.17) is 0 Å². The van der Waals surface area contributed by atoms with Crippen LogP contribution in [-0.4, -0.2) is 25.2 Å². The van der Waals surface area contributed by atoms with E-state index < -0.39 is 0 Å². The minimum Gasteiger partial charge on any atom is -0.315 e. The van der Waals surface area contributed by atoms with Crippen LogP contribution >= 0.6 is 0 Å². The summed E-state index contributed by atoms with van der Waals surface area (Å²) in [6.45, 7) is 2.33. The molecule has 15 heavy (non-hydrogen) atoms. The van der Waals surface area contributed by atoms with E-state index in [1.54, 1.807) is 0 Å². The average Bonchev–Trinajstić information content (AvgIpc) is 2.84. The third kappa shape index (κ3) is 2.06. The van der Waals surface area contributed by atoms with Gasteiger partial charge in [0.15, 0.2) is 0 Å². The molecule has 2 N–H and O–H groups in total. The van der Waals surface area contributed by atoms with Gasteiger partial charge >= 0.3 is 0 Å². The van der Waals surface area contributed by atoms with Crippen molar-refractivity contribution in [1.29, 1.82) is 0 Å². The standard InChI is InChI=1S/C13H18N2/c1-2-4-10(5-3-1)12-8-13(12)15-11-6-7-14-9-11/h1-5,11-15H,6-9H2/t11?,12-,13+/m0/s1. The highest BCUT2D eigenvalue weighted by molar-refractivity contribution is 5.27. The Kier molecular flexibility index (Phi) is 2.47. The van der Waals surface area contributed by atoms with E-state index in [1.165, 1.54) is 24.9 Å². The second-order valence-electron chi connectivity index (χ2n) is 4.72. The first-order valence-corrected chi connectivity index (χ1v) is 5.95. The van der Waals surface area contributed by atoms with Crippen molar-refractivity contribution < 1.29 is 0 Å². The van der Waals surface area contributed by atoms with Crippen molar-refractivity contribution >= 4 is 0 Å². The van der Waals surface area contributed by atoms with Crippen LogP contribution in [0.3, 0.4) is 0 Å². The van der Waals surface area contributed by atoms with Crippen molar-refractivity contribution in [1.82, 2.24) is 10.6 Å². The molecule has 0 bridgehead atoms. The molecule has 2 heteroatoms. The van der Waals surface area contributed by atoms with E-state index in [2.05, 4.69) is 41.0 Å². The molecule has 1 heterocycles. The van der Waals surface area contributed by atoms with Gasteiger partial charge in [-0.3, -0.25) is 0 Å². The average molecular weight is 202 g/mol. The van der Waals surface area contributed by atoms with Crippen LogP contribution < -0.4 is 10.6 Å². The SMILES string of the molecule is c1ccc([C@@H]2C[C@H]2NC2CCNC2)cc1. The summed E-state index contributed by atoms with van der Waals surface area (Å²) < 4.78 is 0. The third-order valence-electron chi connectivity index (χ3n) is 3.53. The summed E-state index contributed by atoms with van der Waals surface area (Å²) in [6, 6.07) is 12.3. The van der Waals surface area contributed by atoms with Gasteiger partial charge in [0, 0.05) is 24.5 Å². The number of hydrogen-bond donors (Lipinski definition) is 2. The summed E-state index contributed by atoms with van der Waals surface area (Å²) in [5.74, 6) is 0.770. The van der Waals surface area contributed by atoms with Crippen molar-refractivity contribution in [2.75, 3.05) is 13.1 Å². The predicted molar refractivity (Wildman–Crippen MR) is 62.0 cm³/mol. The van der Waals surface area contributed by atoms with Gasteiger partial charge in [0.2, 0.25) is 0 Å². The molecule has 1 unspecified atom stereocenters. The van der Waals surface area contributed by atoms with Crippen LogP contribution in [0.5, 0.6) is 0 Å². The fourth-order valence-corrected chi connectivity index (χ4v) is 2.55. The van der Waals surface area contributed by atoms with Crippen LogP contribution in [0, 0.1) is 0 Å². The zero-order valence-corrected chi connectivity index (χ0v) is 8.95. The smallest absolute Gasteiger partial charge is 0.0207 e. The number of benzene rings is 1. The lowest BCUT2D eigenvalue weighted by Crippen LogP contribution is -2.33. The van der Waals surface area contributed by atoms with Crippen molar-refractivity contribution in [3.8, 4) is 0 Å². The van der Waals surface area contributed by atoms with Crippen molar-refractivity contribution in [3.05, 3.63) is 35.9 Å². The lowest BCUT2D eigenvalue weighted by molar-refractivity contribution is 0.537. The second kappa shape index (κ2) is 3.95. The van der Waals surface area contributed by atoms with Crippen LogP contribution in [0.4, 0.5) is 0 Å². The zero-order valence-electron chi connectivity index (χ0n) is 8.95. The van der Waals surface area contributed by atoms with Crippen molar-refractivity contribution in [2.45, 2.75) is 30.8 Å². The van der Waals surface area contributed by atoms with Gasteiger partial charge in [0.05, 0.1) is 0 Å². The lowest BCUT2D eigenvalue weighted by Gasteiger charge is -2.10. The van der Waals surface area contributed by atoms with Crippen LogP contribution in [-0.2, 0) is 0 Å². The number of rotatable bonds is 3. The molecular weight excluding hydrogens is 184 g/mol. The Labute approximate surface area is 91.1 Å². The summed E-state index contributed by atoms with van der Waals surface area (Å²) in [5.41, 5.74) is 1.50. The molecular formula is C13H18N2. The van der Waals surface area contributed by atoms with Gasteiger partial charge in [-0.2, -0.15) is 0 Å². The summed E-state index contributed by atoms with van der Waals surface area (Å²) in [5, 5.41) is 7.14.